The molecule has 2 amide bonds. The quantitative estimate of drug-likeness (QED) is 0.378. The zero-order valence-electron chi connectivity index (χ0n) is 17.7. The van der Waals surface area contributed by atoms with Crippen LogP contribution in [0.2, 0.25) is 0 Å². The summed E-state index contributed by atoms with van der Waals surface area (Å²) in [6.45, 7) is 1.79. The first-order chi connectivity index (χ1) is 14.4. The molecule has 170 valence electrons. The van der Waals surface area contributed by atoms with E-state index >= 15 is 0 Å². The number of nitrogens with one attached hydrogen (secondary N) is 3. The van der Waals surface area contributed by atoms with Crippen LogP contribution in [0.3, 0.4) is 0 Å². The van der Waals surface area contributed by atoms with Gasteiger partial charge in [0.15, 0.2) is 0 Å². The van der Waals surface area contributed by atoms with E-state index < -0.39 is 11.5 Å². The minimum absolute atomic E-state index is 0.0551. The molecule has 5 aliphatic rings. The Morgan fingerprint density at radius 1 is 1.17 bits per heavy atom. The van der Waals surface area contributed by atoms with Gasteiger partial charge in [0, 0.05) is 24.5 Å². The number of ether oxygens (including phenoxy) is 1. The van der Waals surface area contributed by atoms with Crippen LogP contribution in [0.1, 0.15) is 70.6 Å². The largest absolute Gasteiger partial charge is 0.368 e. The second-order valence-electron chi connectivity index (χ2n) is 9.96. The molecule has 4 saturated carbocycles. The van der Waals surface area contributed by atoms with Gasteiger partial charge in [0.05, 0.1) is 16.9 Å². The van der Waals surface area contributed by atoms with E-state index in [0.717, 1.165) is 25.9 Å². The second-order valence-corrected chi connectivity index (χ2v) is 10.5. The molecular weight excluding hydrogens is 409 g/mol. The lowest BCUT2D eigenvalue weighted by Gasteiger charge is -2.69. The summed E-state index contributed by atoms with van der Waals surface area (Å²) in [4.78, 5) is 24.8. The third-order valence-electron chi connectivity index (χ3n) is 7.44. The number of alkyl halides is 2. The summed E-state index contributed by atoms with van der Waals surface area (Å²) in [5, 5.41) is 9.23. The van der Waals surface area contributed by atoms with Crippen LogP contribution in [0.15, 0.2) is 0 Å². The van der Waals surface area contributed by atoms with Crippen LogP contribution in [-0.2, 0) is 14.3 Å². The fraction of sp³-hybridized carbons (Fsp3) is 0.909. The number of halogens is 2. The maximum absolute atomic E-state index is 13.7. The summed E-state index contributed by atoms with van der Waals surface area (Å²) in [5.74, 6) is -0.0367. The predicted octanol–water partition coefficient (Wildman–Crippen LogP) is 2.58. The summed E-state index contributed by atoms with van der Waals surface area (Å²) in [5.41, 5.74) is -0.516. The molecule has 4 unspecified atom stereocenters. The van der Waals surface area contributed by atoms with Crippen LogP contribution >= 0.6 is 11.6 Å². The summed E-state index contributed by atoms with van der Waals surface area (Å²) < 4.78 is 19.3. The molecule has 0 aromatic heterocycles. The molecule has 4 aliphatic carbocycles. The highest BCUT2D eigenvalue weighted by atomic mass is 35.5. The average molecular weight is 444 g/mol. The van der Waals surface area contributed by atoms with E-state index in [2.05, 4.69) is 16.0 Å². The van der Waals surface area contributed by atoms with Gasteiger partial charge >= 0.3 is 0 Å². The normalized spacial score (nSPS) is 40.1. The fourth-order valence-electron chi connectivity index (χ4n) is 5.79. The molecule has 8 heteroatoms. The van der Waals surface area contributed by atoms with Crippen LogP contribution < -0.4 is 16.0 Å². The lowest BCUT2D eigenvalue weighted by atomic mass is 9.39. The Morgan fingerprint density at radius 2 is 1.97 bits per heavy atom. The number of hydrogen-bond donors (Lipinski definition) is 3. The lowest BCUT2D eigenvalue weighted by molar-refractivity contribution is -0.184. The third-order valence-corrected chi connectivity index (χ3v) is 7.93. The molecule has 0 aromatic carbocycles. The van der Waals surface area contributed by atoms with Gasteiger partial charge in [-0.25, -0.2) is 4.39 Å². The van der Waals surface area contributed by atoms with Crippen molar-refractivity contribution >= 4 is 23.4 Å². The maximum atomic E-state index is 13.7. The molecule has 0 radical (unpaired) electrons. The smallest absolute Gasteiger partial charge is 0.246 e. The molecule has 2 bridgehead atoms. The Labute approximate surface area is 183 Å². The van der Waals surface area contributed by atoms with Gasteiger partial charge in [-0.05, 0) is 64.3 Å². The van der Waals surface area contributed by atoms with E-state index in [1.54, 1.807) is 0 Å². The van der Waals surface area contributed by atoms with Crippen molar-refractivity contribution in [3.8, 4) is 0 Å². The van der Waals surface area contributed by atoms with Gasteiger partial charge in [-0.1, -0.05) is 6.42 Å². The van der Waals surface area contributed by atoms with Crippen molar-refractivity contribution in [2.75, 3.05) is 19.7 Å². The fourth-order valence-corrected chi connectivity index (χ4v) is 6.02. The van der Waals surface area contributed by atoms with E-state index in [1.165, 1.54) is 19.3 Å². The average Bonchev–Trinajstić information content (AvgIpc) is 2.68. The minimum Gasteiger partial charge on any atom is -0.368 e. The number of rotatable bonds is 9. The molecule has 1 heterocycles. The molecule has 1 aliphatic heterocycles. The first-order valence-corrected chi connectivity index (χ1v) is 12.1. The van der Waals surface area contributed by atoms with E-state index in [9.17, 15) is 14.0 Å². The number of carbonyl (C=O) groups excluding carboxylic acids is 2. The highest BCUT2D eigenvalue weighted by Crippen LogP contribution is 2.67. The molecule has 30 heavy (non-hydrogen) atoms. The Kier molecular flexibility index (Phi) is 6.90. The number of amides is 2. The van der Waals surface area contributed by atoms with Crippen LogP contribution in [0.25, 0.3) is 0 Å². The van der Waals surface area contributed by atoms with Crippen molar-refractivity contribution in [1.82, 2.24) is 16.0 Å². The first-order valence-electron chi connectivity index (χ1n) is 11.6. The molecule has 0 spiro atoms. The van der Waals surface area contributed by atoms with Crippen LogP contribution in [0, 0.1) is 5.41 Å². The predicted molar refractivity (Wildman–Crippen MR) is 113 cm³/mol. The number of piperidine rings is 1. The van der Waals surface area contributed by atoms with Gasteiger partial charge in [0.25, 0.3) is 0 Å². The van der Waals surface area contributed by atoms with Gasteiger partial charge in [0.2, 0.25) is 11.8 Å². The van der Waals surface area contributed by atoms with Gasteiger partial charge in [-0.15, -0.1) is 11.6 Å². The van der Waals surface area contributed by atoms with Crippen molar-refractivity contribution in [3.63, 3.8) is 0 Å². The van der Waals surface area contributed by atoms with E-state index in [0.29, 0.717) is 38.1 Å². The molecule has 0 aromatic rings. The van der Waals surface area contributed by atoms with E-state index in [-0.39, 0.29) is 41.9 Å². The van der Waals surface area contributed by atoms with E-state index in [1.807, 2.05) is 0 Å². The molecular formula is C22H35ClFN3O3. The SMILES string of the molecule is O=C(COC1CCC(Cl)C(F)C1)NC12CC(C(=O)NCCCC3CCCCN3)(C1)C2. The second kappa shape index (κ2) is 9.29. The summed E-state index contributed by atoms with van der Waals surface area (Å²) in [6, 6.07) is 0.604. The first kappa shape index (κ1) is 22.3. The molecule has 5 rings (SSSR count). The van der Waals surface area contributed by atoms with Gasteiger partial charge in [-0.2, -0.15) is 0 Å². The zero-order chi connectivity index (χ0) is 21.2. The third kappa shape index (κ3) is 4.94. The standard InChI is InChI=1S/C22H35ClFN3O3/c23-17-7-6-16(10-18(17)24)30-11-19(28)27-22-12-21(13-22,14-22)20(29)26-9-3-5-15-4-1-2-8-25-15/h15-18,25H,1-14H2,(H,26,29)(H,27,28). The van der Waals surface area contributed by atoms with Crippen molar-refractivity contribution in [3.05, 3.63) is 0 Å². The van der Waals surface area contributed by atoms with Crippen molar-refractivity contribution < 1.29 is 18.7 Å². The molecule has 6 nitrogen and oxygen atoms in total. The van der Waals surface area contributed by atoms with Gasteiger partial charge in [-0.3, -0.25) is 9.59 Å². The number of hydrogen-bond acceptors (Lipinski definition) is 4. The summed E-state index contributed by atoms with van der Waals surface area (Å²) in [6.07, 6.45) is 8.29. The minimum atomic E-state index is -1.07. The summed E-state index contributed by atoms with van der Waals surface area (Å²) in [7, 11) is 0. The van der Waals surface area contributed by atoms with Crippen LogP contribution in [-0.4, -0.2) is 60.7 Å². The Bertz CT molecular complexity index is 623. The summed E-state index contributed by atoms with van der Waals surface area (Å²) >= 11 is 5.88. The monoisotopic (exact) mass is 443 g/mol. The highest BCUT2D eigenvalue weighted by Gasteiger charge is 2.72. The van der Waals surface area contributed by atoms with Gasteiger partial charge in [0.1, 0.15) is 12.8 Å². The van der Waals surface area contributed by atoms with Crippen LogP contribution in [0.4, 0.5) is 4.39 Å². The highest BCUT2D eigenvalue weighted by molar-refractivity contribution is 6.21. The lowest BCUT2D eigenvalue weighted by Crippen LogP contribution is -2.78. The maximum Gasteiger partial charge on any atom is 0.246 e. The molecule has 3 N–H and O–H groups in total. The molecule has 4 atom stereocenters. The topological polar surface area (TPSA) is 79.5 Å². The zero-order valence-corrected chi connectivity index (χ0v) is 18.4. The van der Waals surface area contributed by atoms with Crippen molar-refractivity contribution in [2.45, 2.75) is 99.9 Å². The molecule has 1 saturated heterocycles. The van der Waals surface area contributed by atoms with E-state index in [4.69, 9.17) is 16.3 Å². The van der Waals surface area contributed by atoms with Gasteiger partial charge < -0.3 is 20.7 Å². The Balaban J connectivity index is 1.08. The van der Waals surface area contributed by atoms with Crippen LogP contribution in [0.5, 0.6) is 0 Å². The Hall–Kier alpha value is -0.920. The van der Waals surface area contributed by atoms with Crippen molar-refractivity contribution in [1.29, 1.82) is 0 Å². The molecule has 5 fully saturated rings. The Morgan fingerprint density at radius 3 is 2.67 bits per heavy atom. The number of carbonyl (C=O) groups is 2. The van der Waals surface area contributed by atoms with Crippen molar-refractivity contribution in [2.24, 2.45) is 5.41 Å².